The van der Waals surface area contributed by atoms with Gasteiger partial charge in [-0.05, 0) is 44.5 Å². The van der Waals surface area contributed by atoms with Crippen LogP contribution in [-0.2, 0) is 14.3 Å². The number of nitrogens with two attached hydrogens (primary N) is 1. The lowest BCUT2D eigenvalue weighted by Gasteiger charge is -2.12. The molecule has 0 fully saturated rings. The second kappa shape index (κ2) is 12.5. The van der Waals surface area contributed by atoms with E-state index in [2.05, 4.69) is 15.6 Å². The van der Waals surface area contributed by atoms with E-state index in [0.717, 1.165) is 11.8 Å². The van der Waals surface area contributed by atoms with Gasteiger partial charge >= 0.3 is 0 Å². The zero-order valence-corrected chi connectivity index (χ0v) is 21.0. The molecule has 1 aliphatic rings. The predicted octanol–water partition coefficient (Wildman–Crippen LogP) is 4.08. The van der Waals surface area contributed by atoms with Gasteiger partial charge in [-0.1, -0.05) is 47.6 Å². The third-order valence-corrected chi connectivity index (χ3v) is 6.59. The summed E-state index contributed by atoms with van der Waals surface area (Å²) in [5.74, 6) is -0.974. The molecule has 3 rings (SSSR count). The number of rotatable bonds is 10. The summed E-state index contributed by atoms with van der Waals surface area (Å²) in [4.78, 5) is 42.4. The molecular formula is C25H27ClN4O4S. The quantitative estimate of drug-likeness (QED) is 0.324. The molecule has 0 saturated heterocycles. The number of Topliss-reactive ketones (excluding diaryl/α,β-unsaturated/α-hetero) is 1. The summed E-state index contributed by atoms with van der Waals surface area (Å²) in [5.41, 5.74) is 7.96. The normalized spacial score (nSPS) is 16.4. The SMILES string of the molecule is CCOCCCNC(=O)C1=C(N)[C@H](C(=O)Nc2cccc(C(C)=O)c2)SC1=Nc1ccccc1Cl. The van der Waals surface area contributed by atoms with E-state index < -0.39 is 17.1 Å². The molecule has 2 aromatic carbocycles. The van der Waals surface area contributed by atoms with Gasteiger partial charge in [0.15, 0.2) is 5.78 Å². The van der Waals surface area contributed by atoms with Crippen molar-refractivity contribution in [1.82, 2.24) is 5.32 Å². The first-order valence-corrected chi connectivity index (χ1v) is 12.3. The van der Waals surface area contributed by atoms with E-state index in [1.165, 1.54) is 6.92 Å². The summed E-state index contributed by atoms with van der Waals surface area (Å²) >= 11 is 7.33. The van der Waals surface area contributed by atoms with Gasteiger partial charge < -0.3 is 21.1 Å². The topological polar surface area (TPSA) is 123 Å². The number of carbonyl (C=O) groups excluding carboxylic acids is 3. The predicted molar refractivity (Wildman–Crippen MR) is 140 cm³/mol. The zero-order valence-electron chi connectivity index (χ0n) is 19.5. The summed E-state index contributed by atoms with van der Waals surface area (Å²) in [6.07, 6.45) is 0.632. The largest absolute Gasteiger partial charge is 0.400 e. The summed E-state index contributed by atoms with van der Waals surface area (Å²) in [5, 5.41) is 5.42. The second-order valence-corrected chi connectivity index (χ2v) is 9.13. The van der Waals surface area contributed by atoms with Gasteiger partial charge in [-0.25, -0.2) is 4.99 Å². The highest BCUT2D eigenvalue weighted by Crippen LogP contribution is 2.36. The van der Waals surface area contributed by atoms with Crippen LogP contribution in [0.1, 0.15) is 30.6 Å². The van der Waals surface area contributed by atoms with Crippen LogP contribution in [-0.4, -0.2) is 47.6 Å². The van der Waals surface area contributed by atoms with Gasteiger partial charge in [-0.3, -0.25) is 14.4 Å². The number of thioether (sulfide) groups is 1. The Bertz CT molecular complexity index is 1180. The minimum Gasteiger partial charge on any atom is -0.400 e. The lowest BCUT2D eigenvalue weighted by molar-refractivity contribution is -0.117. The number of nitrogens with one attached hydrogen (secondary N) is 2. The van der Waals surface area contributed by atoms with Crippen LogP contribution >= 0.6 is 23.4 Å². The number of ether oxygens (including phenoxy) is 1. The van der Waals surface area contributed by atoms with Crippen molar-refractivity contribution in [3.8, 4) is 0 Å². The van der Waals surface area contributed by atoms with Crippen LogP contribution in [0.25, 0.3) is 0 Å². The Labute approximate surface area is 213 Å². The molecule has 2 amide bonds. The minimum atomic E-state index is -0.888. The van der Waals surface area contributed by atoms with Crippen LogP contribution in [0.4, 0.5) is 11.4 Å². The number of hydrogen-bond donors (Lipinski definition) is 3. The number of carbonyl (C=O) groups is 3. The number of hydrogen-bond acceptors (Lipinski definition) is 7. The summed E-state index contributed by atoms with van der Waals surface area (Å²) in [6, 6.07) is 13.6. The molecule has 8 nitrogen and oxygen atoms in total. The number of anilines is 1. The second-order valence-electron chi connectivity index (χ2n) is 7.63. The molecule has 1 heterocycles. The molecule has 35 heavy (non-hydrogen) atoms. The fourth-order valence-electron chi connectivity index (χ4n) is 3.28. The molecule has 184 valence electrons. The number of benzene rings is 2. The van der Waals surface area contributed by atoms with Gasteiger partial charge in [0.05, 0.1) is 16.3 Å². The number of aliphatic imine (C=N–C) groups is 1. The Morgan fingerprint density at radius 3 is 2.66 bits per heavy atom. The highest BCUT2D eigenvalue weighted by molar-refractivity contribution is 8.16. The van der Waals surface area contributed by atoms with Gasteiger partial charge in [0.2, 0.25) is 5.91 Å². The number of halogens is 1. The van der Waals surface area contributed by atoms with E-state index in [1.54, 1.807) is 48.5 Å². The molecule has 10 heteroatoms. The molecule has 2 aromatic rings. The van der Waals surface area contributed by atoms with Gasteiger partial charge in [-0.2, -0.15) is 0 Å². The van der Waals surface area contributed by atoms with Crippen molar-refractivity contribution in [1.29, 1.82) is 0 Å². The van der Waals surface area contributed by atoms with Crippen molar-refractivity contribution in [3.05, 3.63) is 70.4 Å². The fraction of sp³-hybridized carbons (Fsp3) is 0.280. The van der Waals surface area contributed by atoms with Crippen LogP contribution in [0.5, 0.6) is 0 Å². The maximum Gasteiger partial charge on any atom is 0.255 e. The van der Waals surface area contributed by atoms with Crippen LogP contribution < -0.4 is 16.4 Å². The highest BCUT2D eigenvalue weighted by Gasteiger charge is 2.38. The summed E-state index contributed by atoms with van der Waals surface area (Å²) < 4.78 is 5.30. The number of ketones is 1. The van der Waals surface area contributed by atoms with E-state index in [-0.39, 0.29) is 17.1 Å². The molecular weight excluding hydrogens is 488 g/mol. The number of nitrogens with zero attached hydrogens (tertiary/aromatic N) is 1. The number of para-hydroxylation sites is 1. The maximum atomic E-state index is 13.1. The van der Waals surface area contributed by atoms with Crippen molar-refractivity contribution < 1.29 is 19.1 Å². The van der Waals surface area contributed by atoms with Crippen LogP contribution in [0.3, 0.4) is 0 Å². The van der Waals surface area contributed by atoms with Crippen molar-refractivity contribution in [3.63, 3.8) is 0 Å². The van der Waals surface area contributed by atoms with Crippen molar-refractivity contribution in [2.45, 2.75) is 25.5 Å². The lowest BCUT2D eigenvalue weighted by atomic mass is 10.1. The lowest BCUT2D eigenvalue weighted by Crippen LogP contribution is -2.32. The molecule has 4 N–H and O–H groups in total. The minimum absolute atomic E-state index is 0.100. The Morgan fingerprint density at radius 2 is 1.94 bits per heavy atom. The highest BCUT2D eigenvalue weighted by atomic mass is 35.5. The zero-order chi connectivity index (χ0) is 25.4. The Morgan fingerprint density at radius 1 is 1.17 bits per heavy atom. The molecule has 0 spiro atoms. The summed E-state index contributed by atoms with van der Waals surface area (Å²) in [7, 11) is 0. The average Bonchev–Trinajstić information content (AvgIpc) is 3.16. The summed E-state index contributed by atoms with van der Waals surface area (Å²) in [6.45, 7) is 4.85. The van der Waals surface area contributed by atoms with Gasteiger partial charge in [0, 0.05) is 36.7 Å². The monoisotopic (exact) mass is 514 g/mol. The first-order valence-electron chi connectivity index (χ1n) is 11.1. The first-order chi connectivity index (χ1) is 16.8. The van der Waals surface area contributed by atoms with E-state index >= 15 is 0 Å². The Hall–Kier alpha value is -3.14. The third-order valence-electron chi connectivity index (χ3n) is 5.05. The van der Waals surface area contributed by atoms with Gasteiger partial charge in [-0.15, -0.1) is 0 Å². The molecule has 1 aliphatic heterocycles. The molecule has 0 aromatic heterocycles. The molecule has 0 radical (unpaired) electrons. The van der Waals surface area contributed by atoms with E-state index in [1.807, 2.05) is 6.92 Å². The van der Waals surface area contributed by atoms with Crippen molar-refractivity contribution >= 4 is 57.4 Å². The van der Waals surface area contributed by atoms with E-state index in [4.69, 9.17) is 22.1 Å². The standard InChI is InChI=1S/C25H27ClN4O4S/c1-3-34-13-7-12-28-23(32)20-21(27)22(35-25(20)30-19-11-5-4-10-18(19)26)24(33)29-17-9-6-8-16(14-17)15(2)31/h4-6,8-11,14,22H,3,7,12-13,27H2,1-2H3,(H,28,32)(H,29,33)/t22-/m1/s1. The Kier molecular flexibility index (Phi) is 9.47. The van der Waals surface area contributed by atoms with Gasteiger partial charge in [0.25, 0.3) is 5.91 Å². The van der Waals surface area contributed by atoms with E-state index in [9.17, 15) is 14.4 Å². The molecule has 0 saturated carbocycles. The first kappa shape index (κ1) is 26.5. The molecule has 0 aliphatic carbocycles. The van der Waals surface area contributed by atoms with Crippen LogP contribution in [0.15, 0.2) is 64.8 Å². The molecule has 0 bridgehead atoms. The van der Waals surface area contributed by atoms with Gasteiger partial charge in [0.1, 0.15) is 10.3 Å². The van der Waals surface area contributed by atoms with E-state index in [0.29, 0.717) is 53.2 Å². The van der Waals surface area contributed by atoms with Crippen LogP contribution in [0.2, 0.25) is 5.02 Å². The molecule has 0 unspecified atom stereocenters. The number of amides is 2. The smallest absolute Gasteiger partial charge is 0.255 e. The third kappa shape index (κ3) is 6.94. The van der Waals surface area contributed by atoms with Crippen LogP contribution in [0, 0.1) is 0 Å². The maximum absolute atomic E-state index is 13.1. The van der Waals surface area contributed by atoms with Crippen molar-refractivity contribution in [2.24, 2.45) is 10.7 Å². The average molecular weight is 515 g/mol. The Balaban J connectivity index is 1.86. The molecule has 1 atom stereocenters. The van der Waals surface area contributed by atoms with Crippen molar-refractivity contribution in [2.75, 3.05) is 25.1 Å². The fourth-order valence-corrected chi connectivity index (χ4v) is 4.57.